The molecule has 0 aromatic heterocycles. The molecule has 0 aliphatic heterocycles. The maximum atomic E-state index is 11.2. The van der Waals surface area contributed by atoms with E-state index in [9.17, 15) is 9.90 Å². The van der Waals surface area contributed by atoms with E-state index in [1.807, 2.05) is 24.3 Å². The van der Waals surface area contributed by atoms with Gasteiger partial charge in [0.2, 0.25) is 0 Å². The van der Waals surface area contributed by atoms with Gasteiger partial charge in [-0.1, -0.05) is 40.9 Å². The van der Waals surface area contributed by atoms with Crippen molar-refractivity contribution in [1.82, 2.24) is 0 Å². The predicted octanol–water partition coefficient (Wildman–Crippen LogP) is 3.25. The number of hydrogen-bond acceptors (Lipinski definition) is 2. The minimum Gasteiger partial charge on any atom is -0.481 e. The van der Waals surface area contributed by atoms with Crippen LogP contribution >= 0.6 is 15.9 Å². The van der Waals surface area contributed by atoms with Crippen LogP contribution in [0.3, 0.4) is 0 Å². The Labute approximate surface area is 116 Å². The Kier molecular flexibility index (Phi) is 6.98. The summed E-state index contributed by atoms with van der Waals surface area (Å²) in [5.41, 5.74) is 1.04. The average Bonchev–Trinajstić information content (AvgIpc) is 2.33. The van der Waals surface area contributed by atoms with Crippen LogP contribution in [0.1, 0.15) is 31.2 Å². The highest BCUT2D eigenvalue weighted by Gasteiger charge is 2.17. The van der Waals surface area contributed by atoms with Crippen molar-refractivity contribution in [1.29, 1.82) is 0 Å². The van der Waals surface area contributed by atoms with E-state index in [-0.39, 0.29) is 12.5 Å². The van der Waals surface area contributed by atoms with Crippen molar-refractivity contribution in [2.75, 3.05) is 6.61 Å². The Hall–Kier alpha value is -0.870. The van der Waals surface area contributed by atoms with Crippen molar-refractivity contribution in [2.45, 2.75) is 32.1 Å². The van der Waals surface area contributed by atoms with E-state index in [1.54, 1.807) is 0 Å². The van der Waals surface area contributed by atoms with Crippen molar-refractivity contribution < 1.29 is 15.0 Å². The molecule has 0 fully saturated rings. The van der Waals surface area contributed by atoms with Crippen LogP contribution in [-0.4, -0.2) is 22.8 Å². The van der Waals surface area contributed by atoms with Gasteiger partial charge < -0.3 is 10.2 Å². The number of carbonyl (C=O) groups is 1. The topological polar surface area (TPSA) is 57.5 Å². The van der Waals surface area contributed by atoms with Gasteiger partial charge in [-0.15, -0.1) is 0 Å². The van der Waals surface area contributed by atoms with E-state index in [4.69, 9.17) is 5.11 Å². The number of halogens is 1. The van der Waals surface area contributed by atoms with Crippen LogP contribution in [0.4, 0.5) is 0 Å². The highest BCUT2D eigenvalue weighted by Crippen LogP contribution is 2.19. The molecule has 1 rings (SSSR count). The fraction of sp³-hybridized carbons (Fsp3) is 0.500. The Bertz CT molecular complexity index is 379. The second-order valence-electron chi connectivity index (χ2n) is 4.44. The minimum atomic E-state index is -0.737. The summed E-state index contributed by atoms with van der Waals surface area (Å²) in [5.74, 6) is -1.07. The van der Waals surface area contributed by atoms with Gasteiger partial charge in [0.05, 0.1) is 5.92 Å². The van der Waals surface area contributed by atoms with Gasteiger partial charge in [-0.05, 0) is 37.0 Å². The summed E-state index contributed by atoms with van der Waals surface area (Å²) < 4.78 is 0.976. The van der Waals surface area contributed by atoms with Gasteiger partial charge in [0, 0.05) is 11.1 Å². The van der Waals surface area contributed by atoms with Crippen LogP contribution in [0.5, 0.6) is 0 Å². The van der Waals surface area contributed by atoms with E-state index >= 15 is 0 Å². The number of unbranched alkanes of at least 4 members (excludes halogenated alkanes) is 2. The van der Waals surface area contributed by atoms with Crippen LogP contribution in [0.15, 0.2) is 28.7 Å². The molecule has 0 radical (unpaired) electrons. The summed E-state index contributed by atoms with van der Waals surface area (Å²) >= 11 is 3.39. The second-order valence-corrected chi connectivity index (χ2v) is 5.36. The van der Waals surface area contributed by atoms with Gasteiger partial charge in [0.1, 0.15) is 0 Å². The zero-order valence-electron chi connectivity index (χ0n) is 10.3. The maximum Gasteiger partial charge on any atom is 0.306 e. The van der Waals surface area contributed by atoms with E-state index in [2.05, 4.69) is 15.9 Å². The van der Waals surface area contributed by atoms with Crippen LogP contribution < -0.4 is 0 Å². The molecule has 0 saturated carbocycles. The largest absolute Gasteiger partial charge is 0.481 e. The Balaban J connectivity index is 2.50. The molecule has 100 valence electrons. The van der Waals surface area contributed by atoms with E-state index < -0.39 is 5.97 Å². The number of aliphatic carboxylic acids is 1. The zero-order valence-corrected chi connectivity index (χ0v) is 11.9. The molecule has 0 amide bonds. The molecular weight excluding hydrogens is 296 g/mol. The van der Waals surface area contributed by atoms with Gasteiger partial charge in [-0.25, -0.2) is 0 Å². The van der Waals surface area contributed by atoms with E-state index in [0.717, 1.165) is 29.3 Å². The molecule has 1 unspecified atom stereocenters. The molecule has 3 nitrogen and oxygen atoms in total. The highest BCUT2D eigenvalue weighted by atomic mass is 79.9. The van der Waals surface area contributed by atoms with Crippen LogP contribution in [0, 0.1) is 5.92 Å². The van der Waals surface area contributed by atoms with Gasteiger partial charge in [-0.3, -0.25) is 4.79 Å². The number of hydrogen-bond donors (Lipinski definition) is 2. The van der Waals surface area contributed by atoms with Crippen LogP contribution in [0.25, 0.3) is 0 Å². The smallest absolute Gasteiger partial charge is 0.306 e. The molecule has 1 aromatic carbocycles. The number of benzene rings is 1. The Morgan fingerprint density at radius 3 is 2.67 bits per heavy atom. The molecule has 0 saturated heterocycles. The van der Waals surface area contributed by atoms with Crippen molar-refractivity contribution in [3.05, 3.63) is 34.3 Å². The van der Waals surface area contributed by atoms with Crippen molar-refractivity contribution in [2.24, 2.45) is 5.92 Å². The molecular formula is C14H19BrO3. The van der Waals surface area contributed by atoms with Crippen LogP contribution in [0.2, 0.25) is 0 Å². The number of carboxylic acids is 1. The van der Waals surface area contributed by atoms with Crippen molar-refractivity contribution >= 4 is 21.9 Å². The summed E-state index contributed by atoms with van der Waals surface area (Å²) in [7, 11) is 0. The minimum absolute atomic E-state index is 0.184. The molecule has 0 bridgehead atoms. The first-order valence-electron chi connectivity index (χ1n) is 6.21. The number of rotatable bonds is 8. The molecule has 1 aromatic rings. The normalized spacial score (nSPS) is 12.3. The zero-order chi connectivity index (χ0) is 13.4. The second kappa shape index (κ2) is 8.27. The fourth-order valence-corrected chi connectivity index (χ4v) is 2.39. The van der Waals surface area contributed by atoms with Gasteiger partial charge in [-0.2, -0.15) is 0 Å². The first kappa shape index (κ1) is 15.2. The molecule has 18 heavy (non-hydrogen) atoms. The maximum absolute atomic E-state index is 11.2. The third-order valence-electron chi connectivity index (χ3n) is 2.93. The summed E-state index contributed by atoms with van der Waals surface area (Å²) in [6.07, 6.45) is 3.73. The monoisotopic (exact) mass is 314 g/mol. The summed E-state index contributed by atoms with van der Waals surface area (Å²) in [4.78, 5) is 11.2. The fourth-order valence-electron chi connectivity index (χ4n) is 1.94. The molecule has 0 spiro atoms. The lowest BCUT2D eigenvalue weighted by Crippen LogP contribution is -2.16. The Morgan fingerprint density at radius 2 is 2.06 bits per heavy atom. The first-order valence-corrected chi connectivity index (χ1v) is 7.01. The number of aliphatic hydroxyl groups is 1. The first-order chi connectivity index (χ1) is 8.63. The highest BCUT2D eigenvalue weighted by molar-refractivity contribution is 9.10. The van der Waals surface area contributed by atoms with Crippen molar-refractivity contribution in [3.8, 4) is 0 Å². The molecule has 4 heteroatoms. The van der Waals surface area contributed by atoms with Gasteiger partial charge in [0.25, 0.3) is 0 Å². The molecule has 2 N–H and O–H groups in total. The van der Waals surface area contributed by atoms with E-state index in [0.29, 0.717) is 12.8 Å². The van der Waals surface area contributed by atoms with E-state index in [1.165, 1.54) is 0 Å². The number of aliphatic hydroxyl groups excluding tert-OH is 1. The quantitative estimate of drug-likeness (QED) is 0.724. The SMILES string of the molecule is O=C(O)C(CCCCCO)Cc1cccc(Br)c1. The van der Waals surface area contributed by atoms with Crippen molar-refractivity contribution in [3.63, 3.8) is 0 Å². The molecule has 0 heterocycles. The summed E-state index contributed by atoms with van der Waals surface area (Å²) in [6, 6.07) is 7.77. The molecule has 1 atom stereocenters. The average molecular weight is 315 g/mol. The third kappa shape index (κ3) is 5.65. The Morgan fingerprint density at radius 1 is 1.28 bits per heavy atom. The lowest BCUT2D eigenvalue weighted by atomic mass is 9.94. The van der Waals surface area contributed by atoms with Gasteiger partial charge in [0.15, 0.2) is 0 Å². The number of carboxylic acid groups (broad SMARTS) is 1. The summed E-state index contributed by atoms with van der Waals surface area (Å²) in [5, 5.41) is 17.9. The predicted molar refractivity (Wildman–Crippen MR) is 74.5 cm³/mol. The summed E-state index contributed by atoms with van der Waals surface area (Å²) in [6.45, 7) is 0.184. The molecule has 0 aliphatic carbocycles. The van der Waals surface area contributed by atoms with Gasteiger partial charge >= 0.3 is 5.97 Å². The van der Waals surface area contributed by atoms with Crippen LogP contribution in [-0.2, 0) is 11.2 Å². The standard InChI is InChI=1S/C14H19BrO3/c15-13-7-4-5-11(10-13)9-12(14(17)18)6-2-1-3-8-16/h4-5,7,10,12,16H,1-3,6,8-9H2,(H,17,18). The lowest BCUT2D eigenvalue weighted by Gasteiger charge is -2.12. The lowest BCUT2D eigenvalue weighted by molar-refractivity contribution is -0.142. The molecule has 0 aliphatic rings. The third-order valence-corrected chi connectivity index (χ3v) is 3.42.